The van der Waals surface area contributed by atoms with Crippen molar-refractivity contribution in [2.75, 3.05) is 6.61 Å². The Balaban J connectivity index is 1.85. The fourth-order valence-corrected chi connectivity index (χ4v) is 2.02. The molecule has 2 rings (SSSR count). The molecule has 2 N–H and O–H groups in total. The highest BCUT2D eigenvalue weighted by Gasteiger charge is 2.14. The molecule has 6 nitrogen and oxygen atoms in total. The van der Waals surface area contributed by atoms with Gasteiger partial charge in [0.1, 0.15) is 11.5 Å². The Morgan fingerprint density at radius 3 is 2.36 bits per heavy atom. The van der Waals surface area contributed by atoms with Crippen LogP contribution in [-0.4, -0.2) is 24.5 Å². The summed E-state index contributed by atoms with van der Waals surface area (Å²) in [5, 5.41) is 0. The van der Waals surface area contributed by atoms with Gasteiger partial charge in [0.2, 0.25) is 0 Å². The fraction of sp³-hybridized carbons (Fsp3) is 0.263. The third-order valence-electron chi connectivity index (χ3n) is 3.20. The van der Waals surface area contributed by atoms with Crippen molar-refractivity contribution in [2.24, 2.45) is 0 Å². The van der Waals surface area contributed by atoms with E-state index in [1.165, 1.54) is 0 Å². The Kier molecular flexibility index (Phi) is 6.39. The molecule has 2 aromatic rings. The van der Waals surface area contributed by atoms with E-state index in [1.807, 2.05) is 32.9 Å². The number of hydrogen-bond acceptors (Lipinski definition) is 4. The molecule has 0 heterocycles. The molecule has 0 aliphatic rings. The van der Waals surface area contributed by atoms with E-state index in [1.54, 1.807) is 36.4 Å². The first-order valence-corrected chi connectivity index (χ1v) is 8.00. The molecule has 0 aromatic heterocycles. The van der Waals surface area contributed by atoms with E-state index in [0.717, 1.165) is 5.56 Å². The normalized spacial score (nSPS) is 10.2. The average molecular weight is 342 g/mol. The van der Waals surface area contributed by atoms with Gasteiger partial charge in [0.25, 0.3) is 11.8 Å². The number of hydrazine groups is 1. The fourth-order valence-electron chi connectivity index (χ4n) is 2.02. The van der Waals surface area contributed by atoms with E-state index in [4.69, 9.17) is 9.47 Å². The first-order chi connectivity index (χ1) is 12.0. The van der Waals surface area contributed by atoms with Gasteiger partial charge in [0, 0.05) is 0 Å². The first kappa shape index (κ1) is 18.3. The highest BCUT2D eigenvalue weighted by Crippen LogP contribution is 2.19. The second-order valence-corrected chi connectivity index (χ2v) is 5.77. The van der Waals surface area contributed by atoms with Gasteiger partial charge < -0.3 is 9.47 Å². The van der Waals surface area contributed by atoms with Gasteiger partial charge in [-0.3, -0.25) is 20.4 Å². The summed E-state index contributed by atoms with van der Waals surface area (Å²) in [6.07, 6.45) is -0.0635. The molecular formula is C19H22N2O4. The van der Waals surface area contributed by atoms with Crippen LogP contribution in [-0.2, 0) is 4.79 Å². The van der Waals surface area contributed by atoms with E-state index < -0.39 is 11.8 Å². The molecule has 0 saturated carbocycles. The molecule has 0 unspecified atom stereocenters. The number of amides is 2. The first-order valence-electron chi connectivity index (χ1n) is 8.00. The molecule has 0 atom stereocenters. The van der Waals surface area contributed by atoms with Crippen molar-refractivity contribution in [3.8, 4) is 11.5 Å². The zero-order valence-corrected chi connectivity index (χ0v) is 14.5. The molecule has 6 heteroatoms. The van der Waals surface area contributed by atoms with Gasteiger partial charge in [-0.1, -0.05) is 29.8 Å². The zero-order valence-electron chi connectivity index (χ0n) is 14.5. The number of nitrogens with one attached hydrogen (secondary N) is 2. The minimum absolute atomic E-state index is 0.0635. The molecule has 0 spiro atoms. The van der Waals surface area contributed by atoms with Crippen molar-refractivity contribution in [1.82, 2.24) is 10.9 Å². The molecule has 0 saturated heterocycles. The van der Waals surface area contributed by atoms with Crippen LogP contribution in [0.1, 0.15) is 29.8 Å². The lowest BCUT2D eigenvalue weighted by molar-refractivity contribution is -0.123. The minimum Gasteiger partial charge on any atom is -0.490 e. The summed E-state index contributed by atoms with van der Waals surface area (Å²) in [6.45, 7) is 5.51. The van der Waals surface area contributed by atoms with Gasteiger partial charge in [0.15, 0.2) is 6.61 Å². The summed E-state index contributed by atoms with van der Waals surface area (Å²) in [5.41, 5.74) is 6.13. The maximum atomic E-state index is 12.2. The van der Waals surface area contributed by atoms with E-state index in [2.05, 4.69) is 10.9 Å². The molecule has 0 aliphatic carbocycles. The lowest BCUT2D eigenvalue weighted by Crippen LogP contribution is -2.44. The van der Waals surface area contributed by atoms with Gasteiger partial charge in [-0.05, 0) is 45.0 Å². The van der Waals surface area contributed by atoms with E-state index in [0.29, 0.717) is 17.1 Å². The molecule has 132 valence electrons. The van der Waals surface area contributed by atoms with Gasteiger partial charge >= 0.3 is 0 Å². The maximum Gasteiger partial charge on any atom is 0.276 e. The molecule has 2 amide bonds. The summed E-state index contributed by atoms with van der Waals surface area (Å²) < 4.78 is 10.9. The number of rotatable bonds is 6. The van der Waals surface area contributed by atoms with Crippen LogP contribution in [0, 0.1) is 6.92 Å². The maximum absolute atomic E-state index is 12.2. The summed E-state index contributed by atoms with van der Waals surface area (Å²) in [5.74, 6) is 0.124. The predicted molar refractivity (Wildman–Crippen MR) is 94.5 cm³/mol. The van der Waals surface area contributed by atoms with E-state index in [9.17, 15) is 9.59 Å². The number of benzene rings is 2. The number of ether oxygens (including phenoxy) is 2. The Morgan fingerprint density at radius 2 is 1.68 bits per heavy atom. The second kappa shape index (κ2) is 8.73. The molecule has 2 aromatic carbocycles. The zero-order chi connectivity index (χ0) is 18.2. The van der Waals surface area contributed by atoms with Crippen LogP contribution in [0.25, 0.3) is 0 Å². The van der Waals surface area contributed by atoms with Crippen molar-refractivity contribution in [3.63, 3.8) is 0 Å². The van der Waals surface area contributed by atoms with Gasteiger partial charge in [0.05, 0.1) is 11.7 Å². The number of aryl methyl sites for hydroxylation is 1. The van der Waals surface area contributed by atoms with Crippen LogP contribution < -0.4 is 20.3 Å². The van der Waals surface area contributed by atoms with Crippen LogP contribution in [0.15, 0.2) is 48.5 Å². The Hall–Kier alpha value is -3.02. The van der Waals surface area contributed by atoms with Crippen molar-refractivity contribution < 1.29 is 19.1 Å². The summed E-state index contributed by atoms with van der Waals surface area (Å²) in [4.78, 5) is 24.0. The summed E-state index contributed by atoms with van der Waals surface area (Å²) in [6, 6.07) is 14.2. The number of carbonyl (C=O) groups is 2. The van der Waals surface area contributed by atoms with Crippen molar-refractivity contribution in [1.29, 1.82) is 0 Å². The van der Waals surface area contributed by atoms with Gasteiger partial charge in [-0.2, -0.15) is 0 Å². The van der Waals surface area contributed by atoms with Gasteiger partial charge in [-0.15, -0.1) is 0 Å². The monoisotopic (exact) mass is 342 g/mol. The summed E-state index contributed by atoms with van der Waals surface area (Å²) >= 11 is 0. The molecule has 25 heavy (non-hydrogen) atoms. The van der Waals surface area contributed by atoms with Crippen molar-refractivity contribution in [3.05, 3.63) is 59.7 Å². The lowest BCUT2D eigenvalue weighted by atomic mass is 10.2. The molecular weight excluding hydrogens is 320 g/mol. The predicted octanol–water partition coefficient (Wildman–Crippen LogP) is 2.62. The van der Waals surface area contributed by atoms with E-state index in [-0.39, 0.29) is 12.7 Å². The van der Waals surface area contributed by atoms with Crippen LogP contribution in [0.4, 0.5) is 0 Å². The molecule has 0 fully saturated rings. The smallest absolute Gasteiger partial charge is 0.276 e. The van der Waals surface area contributed by atoms with E-state index >= 15 is 0 Å². The highest BCUT2D eigenvalue weighted by atomic mass is 16.5. The highest BCUT2D eigenvalue weighted by molar-refractivity contribution is 5.97. The Morgan fingerprint density at radius 1 is 1.00 bits per heavy atom. The van der Waals surface area contributed by atoms with Crippen LogP contribution in [0.3, 0.4) is 0 Å². The third-order valence-corrected chi connectivity index (χ3v) is 3.20. The van der Waals surface area contributed by atoms with Gasteiger partial charge in [-0.25, -0.2) is 0 Å². The molecule has 0 bridgehead atoms. The second-order valence-electron chi connectivity index (χ2n) is 5.77. The van der Waals surface area contributed by atoms with Crippen molar-refractivity contribution in [2.45, 2.75) is 26.9 Å². The minimum atomic E-state index is -0.462. The Bertz CT molecular complexity index is 726. The number of hydrogen-bond donors (Lipinski definition) is 2. The molecule has 0 aliphatic heterocycles. The molecule has 0 radical (unpaired) electrons. The Labute approximate surface area is 147 Å². The number of para-hydroxylation sites is 1. The third kappa shape index (κ3) is 5.84. The summed E-state index contributed by atoms with van der Waals surface area (Å²) in [7, 11) is 0. The quantitative estimate of drug-likeness (QED) is 0.791. The largest absolute Gasteiger partial charge is 0.490 e. The van der Waals surface area contributed by atoms with Crippen LogP contribution >= 0.6 is 0 Å². The van der Waals surface area contributed by atoms with Crippen LogP contribution in [0.5, 0.6) is 11.5 Å². The topological polar surface area (TPSA) is 76.7 Å². The standard InChI is InChI=1S/C19H22N2O4/c1-13(2)25-17-7-5-4-6-16(17)19(23)21-20-18(22)12-24-15-10-8-14(3)9-11-15/h4-11,13H,12H2,1-3H3,(H,20,22)(H,21,23). The number of carbonyl (C=O) groups excluding carboxylic acids is 2. The van der Waals surface area contributed by atoms with Crippen molar-refractivity contribution >= 4 is 11.8 Å². The van der Waals surface area contributed by atoms with Crippen LogP contribution in [0.2, 0.25) is 0 Å². The average Bonchev–Trinajstić information content (AvgIpc) is 2.59. The lowest BCUT2D eigenvalue weighted by Gasteiger charge is -2.14. The SMILES string of the molecule is Cc1ccc(OCC(=O)NNC(=O)c2ccccc2OC(C)C)cc1.